The molecule has 0 atom stereocenters. The van der Waals surface area contributed by atoms with E-state index < -0.39 is 0 Å². The summed E-state index contributed by atoms with van der Waals surface area (Å²) in [5.74, 6) is 5.47. The number of phenols is 1. The Bertz CT molecular complexity index is 682. The average molecular weight is 301 g/mol. The van der Waals surface area contributed by atoms with Crippen molar-refractivity contribution >= 4 is 17.2 Å². The summed E-state index contributed by atoms with van der Waals surface area (Å²) in [6.45, 7) is 0.393. The van der Waals surface area contributed by atoms with E-state index in [1.165, 1.54) is 17.4 Å². The van der Waals surface area contributed by atoms with Gasteiger partial charge in [0.1, 0.15) is 5.75 Å². The molecular formula is C16H15NO3S. The molecule has 5 heteroatoms. The first-order chi connectivity index (χ1) is 10.2. The molecule has 1 aromatic carbocycles. The zero-order valence-electron chi connectivity index (χ0n) is 11.3. The topological polar surface area (TPSA) is 69.6 Å². The molecular weight excluding hydrogens is 286 g/mol. The molecule has 108 valence electrons. The van der Waals surface area contributed by atoms with Crippen LogP contribution in [-0.4, -0.2) is 22.7 Å². The lowest BCUT2D eigenvalue weighted by Crippen LogP contribution is -2.22. The van der Waals surface area contributed by atoms with Gasteiger partial charge in [0.25, 0.3) is 5.91 Å². The highest BCUT2D eigenvalue weighted by Crippen LogP contribution is 2.18. The predicted molar refractivity (Wildman–Crippen MR) is 82.2 cm³/mol. The Morgan fingerprint density at radius 1 is 1.29 bits per heavy atom. The summed E-state index contributed by atoms with van der Waals surface area (Å²) in [4.78, 5) is 12.9. The molecule has 0 bridgehead atoms. The molecule has 0 aliphatic rings. The van der Waals surface area contributed by atoms with Gasteiger partial charge in [0.2, 0.25) is 0 Å². The normalized spacial score (nSPS) is 9.76. The lowest BCUT2D eigenvalue weighted by atomic mass is 10.2. The van der Waals surface area contributed by atoms with Gasteiger partial charge in [-0.15, -0.1) is 11.3 Å². The number of aliphatic hydroxyl groups excluding tert-OH is 1. The third kappa shape index (κ3) is 4.09. The molecule has 0 saturated carbocycles. The van der Waals surface area contributed by atoms with Crippen LogP contribution in [0.3, 0.4) is 0 Å². The number of rotatable bonds is 4. The van der Waals surface area contributed by atoms with E-state index in [0.29, 0.717) is 13.0 Å². The van der Waals surface area contributed by atoms with Crippen molar-refractivity contribution in [2.75, 3.05) is 6.61 Å². The Labute approximate surface area is 127 Å². The van der Waals surface area contributed by atoms with Gasteiger partial charge in [0, 0.05) is 16.9 Å². The van der Waals surface area contributed by atoms with Crippen LogP contribution in [0, 0.1) is 11.8 Å². The first-order valence-corrected chi connectivity index (χ1v) is 7.32. The van der Waals surface area contributed by atoms with E-state index in [0.717, 1.165) is 10.4 Å². The highest BCUT2D eigenvalue weighted by atomic mass is 32.1. The molecule has 0 fully saturated rings. The number of aliphatic hydroxyl groups is 1. The van der Waals surface area contributed by atoms with Gasteiger partial charge in [-0.25, -0.2) is 0 Å². The fraction of sp³-hybridized carbons (Fsp3) is 0.188. The number of phenolic OH excluding ortho intramolecular Hbond substituents is 1. The second-order valence-corrected chi connectivity index (χ2v) is 5.23. The highest BCUT2D eigenvalue weighted by molar-refractivity contribution is 7.10. The van der Waals surface area contributed by atoms with Crippen molar-refractivity contribution in [3.05, 3.63) is 51.7 Å². The van der Waals surface area contributed by atoms with E-state index in [9.17, 15) is 9.90 Å². The zero-order chi connectivity index (χ0) is 15.1. The summed E-state index contributed by atoms with van der Waals surface area (Å²) < 4.78 is 0. The van der Waals surface area contributed by atoms with Crippen LogP contribution in [0.25, 0.3) is 0 Å². The van der Waals surface area contributed by atoms with Crippen molar-refractivity contribution in [1.82, 2.24) is 5.32 Å². The number of amides is 1. The van der Waals surface area contributed by atoms with Crippen molar-refractivity contribution in [2.45, 2.75) is 13.0 Å². The molecule has 4 nitrogen and oxygen atoms in total. The second kappa shape index (κ2) is 7.48. The number of para-hydroxylation sites is 1. The minimum Gasteiger partial charge on any atom is -0.507 e. The van der Waals surface area contributed by atoms with E-state index in [2.05, 4.69) is 17.2 Å². The quantitative estimate of drug-likeness (QED) is 0.758. The number of hydrogen-bond acceptors (Lipinski definition) is 4. The third-order valence-corrected chi connectivity index (χ3v) is 3.68. The number of carbonyl (C=O) groups excluding carboxylic acids is 1. The minimum absolute atomic E-state index is 0.0378. The number of thiophene rings is 1. The van der Waals surface area contributed by atoms with Gasteiger partial charge in [-0.05, 0) is 23.6 Å². The maximum Gasteiger partial charge on any atom is 0.255 e. The van der Waals surface area contributed by atoms with Crippen molar-refractivity contribution in [3.8, 4) is 17.6 Å². The molecule has 21 heavy (non-hydrogen) atoms. The van der Waals surface area contributed by atoms with Crippen molar-refractivity contribution in [2.24, 2.45) is 0 Å². The first kappa shape index (κ1) is 15.1. The van der Waals surface area contributed by atoms with Crippen molar-refractivity contribution in [3.63, 3.8) is 0 Å². The summed E-state index contributed by atoms with van der Waals surface area (Å²) >= 11 is 1.51. The monoisotopic (exact) mass is 301 g/mol. The Kier molecular flexibility index (Phi) is 5.38. The molecule has 0 saturated heterocycles. The summed E-state index contributed by atoms with van der Waals surface area (Å²) in [5.41, 5.74) is 1.10. The van der Waals surface area contributed by atoms with Crippen LogP contribution in [0.1, 0.15) is 27.2 Å². The number of nitrogens with one attached hydrogen (secondary N) is 1. The molecule has 0 spiro atoms. The molecule has 1 heterocycles. The van der Waals surface area contributed by atoms with Gasteiger partial charge in [0.05, 0.1) is 18.7 Å². The summed E-state index contributed by atoms with van der Waals surface area (Å²) in [7, 11) is 0. The molecule has 0 aliphatic carbocycles. The molecule has 0 radical (unpaired) electrons. The van der Waals surface area contributed by atoms with Crippen molar-refractivity contribution in [1.29, 1.82) is 0 Å². The Balaban J connectivity index is 2.01. The lowest BCUT2D eigenvalue weighted by Gasteiger charge is -2.06. The zero-order valence-corrected chi connectivity index (χ0v) is 12.1. The van der Waals surface area contributed by atoms with Gasteiger partial charge in [-0.2, -0.15) is 0 Å². The fourth-order valence-electron chi connectivity index (χ4n) is 1.72. The molecule has 0 unspecified atom stereocenters. The van der Waals surface area contributed by atoms with E-state index in [1.54, 1.807) is 18.2 Å². The van der Waals surface area contributed by atoms with Crippen LogP contribution >= 0.6 is 11.3 Å². The smallest absolute Gasteiger partial charge is 0.255 e. The van der Waals surface area contributed by atoms with Crippen LogP contribution in [0.4, 0.5) is 0 Å². The summed E-state index contributed by atoms with van der Waals surface area (Å²) in [5, 5.41) is 23.0. The van der Waals surface area contributed by atoms with Gasteiger partial charge in [-0.3, -0.25) is 4.79 Å². The van der Waals surface area contributed by atoms with Crippen LogP contribution < -0.4 is 5.32 Å². The number of benzene rings is 1. The standard InChI is InChI=1S/C16H15NO3S/c18-9-4-3-5-12-8-10-21-15(12)11-17-16(20)13-6-1-2-7-14(13)19/h1-2,6-8,10,18-19H,4,9,11H2,(H,17,20). The molecule has 1 amide bonds. The fourth-order valence-corrected chi connectivity index (χ4v) is 2.49. The van der Waals surface area contributed by atoms with E-state index in [4.69, 9.17) is 5.11 Å². The highest BCUT2D eigenvalue weighted by Gasteiger charge is 2.10. The Hall–Kier alpha value is -2.29. The van der Waals surface area contributed by atoms with Gasteiger partial charge < -0.3 is 15.5 Å². The average Bonchev–Trinajstić information content (AvgIpc) is 2.93. The van der Waals surface area contributed by atoms with Crippen LogP contribution in [0.15, 0.2) is 35.7 Å². The Morgan fingerprint density at radius 2 is 2.10 bits per heavy atom. The van der Waals surface area contributed by atoms with Gasteiger partial charge >= 0.3 is 0 Å². The molecule has 3 N–H and O–H groups in total. The molecule has 0 aliphatic heterocycles. The first-order valence-electron chi connectivity index (χ1n) is 6.44. The van der Waals surface area contributed by atoms with E-state index >= 15 is 0 Å². The lowest BCUT2D eigenvalue weighted by molar-refractivity contribution is 0.0948. The largest absolute Gasteiger partial charge is 0.507 e. The number of carbonyl (C=O) groups is 1. The predicted octanol–water partition coefficient (Wildman–Crippen LogP) is 2.12. The summed E-state index contributed by atoms with van der Waals surface area (Å²) in [6.07, 6.45) is 0.430. The number of hydrogen-bond donors (Lipinski definition) is 3. The van der Waals surface area contributed by atoms with Crippen molar-refractivity contribution < 1.29 is 15.0 Å². The van der Waals surface area contributed by atoms with Gasteiger partial charge in [0.15, 0.2) is 0 Å². The summed E-state index contributed by atoms with van der Waals surface area (Å²) in [6, 6.07) is 8.30. The second-order valence-electron chi connectivity index (χ2n) is 4.23. The maximum absolute atomic E-state index is 12.0. The molecule has 1 aromatic heterocycles. The van der Waals surface area contributed by atoms with Crippen LogP contribution in [0.5, 0.6) is 5.75 Å². The maximum atomic E-state index is 12.0. The third-order valence-electron chi connectivity index (χ3n) is 2.76. The molecule has 2 aromatic rings. The SMILES string of the molecule is O=C(NCc1sccc1C#CCCO)c1ccccc1O. The van der Waals surface area contributed by atoms with E-state index in [-0.39, 0.29) is 23.8 Å². The van der Waals surface area contributed by atoms with Crippen LogP contribution in [-0.2, 0) is 6.54 Å². The Morgan fingerprint density at radius 3 is 2.86 bits per heavy atom. The van der Waals surface area contributed by atoms with E-state index in [1.807, 2.05) is 11.4 Å². The molecule has 2 rings (SSSR count). The number of aromatic hydroxyl groups is 1. The minimum atomic E-state index is -0.323. The van der Waals surface area contributed by atoms with Gasteiger partial charge in [-0.1, -0.05) is 24.0 Å². The van der Waals surface area contributed by atoms with Crippen LogP contribution in [0.2, 0.25) is 0 Å².